The summed E-state index contributed by atoms with van der Waals surface area (Å²) < 4.78 is 5.60. The SMILES string of the molecule is CCOc1ccccc1C(CC(=O)Nc1ccc(C(=O)O)cc1)NC(C)=O. The van der Waals surface area contributed by atoms with E-state index in [-0.39, 0.29) is 23.8 Å². The maximum absolute atomic E-state index is 12.4. The third kappa shape index (κ3) is 5.85. The van der Waals surface area contributed by atoms with Gasteiger partial charge in [-0.3, -0.25) is 9.59 Å². The van der Waals surface area contributed by atoms with E-state index in [1.54, 1.807) is 12.1 Å². The summed E-state index contributed by atoms with van der Waals surface area (Å²) >= 11 is 0. The predicted octanol–water partition coefficient (Wildman–Crippen LogP) is 2.99. The van der Waals surface area contributed by atoms with Gasteiger partial charge in [0.05, 0.1) is 24.6 Å². The van der Waals surface area contributed by atoms with E-state index < -0.39 is 12.0 Å². The van der Waals surface area contributed by atoms with Crippen LogP contribution < -0.4 is 15.4 Å². The number of hydrogen-bond donors (Lipinski definition) is 3. The molecule has 0 aliphatic heterocycles. The molecule has 2 rings (SSSR count). The van der Waals surface area contributed by atoms with Crippen LogP contribution >= 0.6 is 0 Å². The second kappa shape index (κ2) is 9.38. The van der Waals surface area contributed by atoms with E-state index in [9.17, 15) is 14.4 Å². The highest BCUT2D eigenvalue weighted by Gasteiger charge is 2.20. The van der Waals surface area contributed by atoms with Gasteiger partial charge in [-0.15, -0.1) is 0 Å². The Morgan fingerprint density at radius 2 is 1.74 bits per heavy atom. The molecule has 27 heavy (non-hydrogen) atoms. The molecule has 0 bridgehead atoms. The molecule has 142 valence electrons. The molecule has 0 fully saturated rings. The quantitative estimate of drug-likeness (QED) is 0.663. The topological polar surface area (TPSA) is 105 Å². The molecule has 0 heterocycles. The predicted molar refractivity (Wildman–Crippen MR) is 101 cm³/mol. The zero-order valence-corrected chi connectivity index (χ0v) is 15.2. The fourth-order valence-corrected chi connectivity index (χ4v) is 2.63. The number of rotatable bonds is 8. The van der Waals surface area contributed by atoms with Gasteiger partial charge in [-0.2, -0.15) is 0 Å². The number of carboxylic acids is 1. The maximum Gasteiger partial charge on any atom is 0.335 e. The number of aromatic carboxylic acids is 1. The second-order valence-corrected chi connectivity index (χ2v) is 5.86. The minimum absolute atomic E-state index is 0.00432. The first-order valence-electron chi connectivity index (χ1n) is 8.52. The lowest BCUT2D eigenvalue weighted by Crippen LogP contribution is -2.30. The van der Waals surface area contributed by atoms with Crippen molar-refractivity contribution >= 4 is 23.5 Å². The summed E-state index contributed by atoms with van der Waals surface area (Å²) in [6.07, 6.45) is 0.00432. The van der Waals surface area contributed by atoms with Gasteiger partial charge < -0.3 is 20.5 Å². The van der Waals surface area contributed by atoms with E-state index in [1.165, 1.54) is 31.2 Å². The molecule has 0 aromatic heterocycles. The summed E-state index contributed by atoms with van der Waals surface area (Å²) in [5, 5.41) is 14.4. The normalized spacial score (nSPS) is 11.3. The van der Waals surface area contributed by atoms with Crippen molar-refractivity contribution in [3.05, 3.63) is 59.7 Å². The van der Waals surface area contributed by atoms with Gasteiger partial charge in [0.1, 0.15) is 5.75 Å². The van der Waals surface area contributed by atoms with Crippen LogP contribution in [0, 0.1) is 0 Å². The first kappa shape index (κ1) is 20.0. The number of benzene rings is 2. The van der Waals surface area contributed by atoms with Gasteiger partial charge in [0, 0.05) is 18.2 Å². The lowest BCUT2D eigenvalue weighted by Gasteiger charge is -2.21. The molecule has 0 radical (unpaired) electrons. The van der Waals surface area contributed by atoms with Crippen molar-refractivity contribution in [3.8, 4) is 5.75 Å². The molecular weight excluding hydrogens is 348 g/mol. The van der Waals surface area contributed by atoms with Crippen LogP contribution in [-0.4, -0.2) is 29.5 Å². The smallest absolute Gasteiger partial charge is 0.335 e. The molecule has 7 heteroatoms. The van der Waals surface area contributed by atoms with Crippen molar-refractivity contribution < 1.29 is 24.2 Å². The number of hydrogen-bond acceptors (Lipinski definition) is 4. The monoisotopic (exact) mass is 370 g/mol. The van der Waals surface area contributed by atoms with Gasteiger partial charge >= 0.3 is 5.97 Å². The molecule has 0 aliphatic rings. The summed E-state index contributed by atoms with van der Waals surface area (Å²) in [5.41, 5.74) is 1.32. The Labute approximate surface area is 157 Å². The van der Waals surface area contributed by atoms with Crippen LogP contribution in [0.4, 0.5) is 5.69 Å². The van der Waals surface area contributed by atoms with Crippen LogP contribution in [0.25, 0.3) is 0 Å². The lowest BCUT2D eigenvalue weighted by atomic mass is 10.0. The highest BCUT2D eigenvalue weighted by molar-refractivity contribution is 5.93. The zero-order valence-electron chi connectivity index (χ0n) is 15.2. The zero-order chi connectivity index (χ0) is 19.8. The molecule has 2 aromatic carbocycles. The number of carbonyl (C=O) groups excluding carboxylic acids is 2. The van der Waals surface area contributed by atoms with Gasteiger partial charge in [-0.1, -0.05) is 18.2 Å². The summed E-state index contributed by atoms with van der Waals surface area (Å²) in [6.45, 7) is 3.71. The molecule has 0 saturated carbocycles. The molecule has 1 unspecified atom stereocenters. The molecule has 0 spiro atoms. The standard InChI is InChI=1S/C20H22N2O5/c1-3-27-18-7-5-4-6-16(18)17(21-13(2)23)12-19(24)22-15-10-8-14(9-11-15)20(25)26/h4-11,17H,3,12H2,1-2H3,(H,21,23)(H,22,24)(H,25,26). The van der Waals surface area contributed by atoms with E-state index >= 15 is 0 Å². The Balaban J connectivity index is 2.14. The second-order valence-electron chi connectivity index (χ2n) is 5.86. The summed E-state index contributed by atoms with van der Waals surface area (Å²) in [7, 11) is 0. The highest BCUT2D eigenvalue weighted by Crippen LogP contribution is 2.28. The summed E-state index contributed by atoms with van der Waals surface area (Å²) in [4.78, 5) is 34.9. The maximum atomic E-state index is 12.4. The Bertz CT molecular complexity index is 817. The van der Waals surface area contributed by atoms with Crippen molar-refractivity contribution in [1.29, 1.82) is 0 Å². The van der Waals surface area contributed by atoms with Crippen molar-refractivity contribution in [2.45, 2.75) is 26.3 Å². The summed E-state index contributed by atoms with van der Waals surface area (Å²) in [6, 6.07) is 12.5. The minimum atomic E-state index is -1.04. The average molecular weight is 370 g/mol. The molecule has 2 amide bonds. The van der Waals surface area contributed by atoms with Crippen molar-refractivity contribution in [1.82, 2.24) is 5.32 Å². The van der Waals surface area contributed by atoms with Crippen LogP contribution in [-0.2, 0) is 9.59 Å². The number of ether oxygens (including phenoxy) is 1. The summed E-state index contributed by atoms with van der Waals surface area (Å²) in [5.74, 6) is -1.00. The third-order valence-corrected chi connectivity index (χ3v) is 3.78. The molecule has 0 saturated heterocycles. The average Bonchev–Trinajstić information content (AvgIpc) is 2.62. The third-order valence-electron chi connectivity index (χ3n) is 3.78. The molecule has 3 N–H and O–H groups in total. The Kier molecular flexibility index (Phi) is 6.93. The van der Waals surface area contributed by atoms with Crippen LogP contribution in [0.3, 0.4) is 0 Å². The van der Waals surface area contributed by atoms with Crippen molar-refractivity contribution in [2.24, 2.45) is 0 Å². The van der Waals surface area contributed by atoms with E-state index in [0.29, 0.717) is 23.6 Å². The van der Waals surface area contributed by atoms with E-state index in [1.807, 2.05) is 19.1 Å². The molecule has 2 aromatic rings. The molecule has 7 nitrogen and oxygen atoms in total. The van der Waals surface area contributed by atoms with Gasteiger partial charge in [0.25, 0.3) is 0 Å². The first-order chi connectivity index (χ1) is 12.9. The Morgan fingerprint density at radius 3 is 2.33 bits per heavy atom. The molecule has 1 atom stereocenters. The molecular formula is C20H22N2O5. The van der Waals surface area contributed by atoms with Crippen LogP contribution in [0.2, 0.25) is 0 Å². The number of nitrogens with one attached hydrogen (secondary N) is 2. The highest BCUT2D eigenvalue weighted by atomic mass is 16.5. The molecule has 0 aliphatic carbocycles. The van der Waals surface area contributed by atoms with Crippen LogP contribution in [0.15, 0.2) is 48.5 Å². The van der Waals surface area contributed by atoms with E-state index in [0.717, 1.165) is 0 Å². The van der Waals surface area contributed by atoms with Gasteiger partial charge in [-0.25, -0.2) is 4.79 Å². The largest absolute Gasteiger partial charge is 0.494 e. The number of anilines is 1. The van der Waals surface area contributed by atoms with E-state index in [2.05, 4.69) is 10.6 Å². The van der Waals surface area contributed by atoms with Crippen molar-refractivity contribution in [2.75, 3.05) is 11.9 Å². The fraction of sp³-hybridized carbons (Fsp3) is 0.250. The first-order valence-corrected chi connectivity index (χ1v) is 8.52. The fourth-order valence-electron chi connectivity index (χ4n) is 2.63. The van der Waals surface area contributed by atoms with Gasteiger partial charge in [-0.05, 0) is 37.3 Å². The number of amides is 2. The van der Waals surface area contributed by atoms with Crippen molar-refractivity contribution in [3.63, 3.8) is 0 Å². The minimum Gasteiger partial charge on any atom is -0.494 e. The van der Waals surface area contributed by atoms with Crippen LogP contribution in [0.5, 0.6) is 5.75 Å². The van der Waals surface area contributed by atoms with Gasteiger partial charge in [0.2, 0.25) is 11.8 Å². The lowest BCUT2D eigenvalue weighted by molar-refractivity contribution is -0.120. The van der Waals surface area contributed by atoms with E-state index in [4.69, 9.17) is 9.84 Å². The number of carboxylic acid groups (broad SMARTS) is 1. The Morgan fingerprint density at radius 1 is 1.07 bits per heavy atom. The van der Waals surface area contributed by atoms with Gasteiger partial charge in [0.15, 0.2) is 0 Å². The Hall–Kier alpha value is -3.35. The number of para-hydroxylation sites is 1. The number of carbonyl (C=O) groups is 3. The van der Waals surface area contributed by atoms with Crippen LogP contribution in [0.1, 0.15) is 42.2 Å².